The second-order valence-corrected chi connectivity index (χ2v) is 7.83. The Labute approximate surface area is 183 Å². The number of urea groups is 1. The van der Waals surface area contributed by atoms with Crippen LogP contribution in [0.1, 0.15) is 37.6 Å². The maximum Gasteiger partial charge on any atom is 0.321 e. The van der Waals surface area contributed by atoms with Crippen LogP contribution in [0.4, 0.5) is 10.5 Å². The molecule has 0 radical (unpaired) electrons. The third kappa shape index (κ3) is 5.85. The molecular weight excluding hydrogens is 394 g/mol. The number of para-hydroxylation sites is 1. The standard InChI is InChI=1S/C23H33N5O3/c1-4-31-16-8-13-24-22(29)19-11-14-27(15-12-19)23(30)25-21-17(2)26-28(18(21)3)20-9-6-5-7-10-20/h5-7,9-10,19H,4,8,11-16H2,1-3H3,(H,24,29)(H,25,30). The molecule has 8 nitrogen and oxygen atoms in total. The van der Waals surface area contributed by atoms with Crippen LogP contribution >= 0.6 is 0 Å². The Morgan fingerprint density at radius 2 is 1.87 bits per heavy atom. The number of carbonyl (C=O) groups is 2. The molecule has 2 heterocycles. The fraction of sp³-hybridized carbons (Fsp3) is 0.522. The van der Waals surface area contributed by atoms with Crippen molar-refractivity contribution in [3.63, 3.8) is 0 Å². The van der Waals surface area contributed by atoms with Crippen LogP contribution in [0.25, 0.3) is 5.69 Å². The van der Waals surface area contributed by atoms with Crippen molar-refractivity contribution >= 4 is 17.6 Å². The Bertz CT molecular complexity index is 873. The van der Waals surface area contributed by atoms with Gasteiger partial charge in [-0.1, -0.05) is 18.2 Å². The monoisotopic (exact) mass is 427 g/mol. The summed E-state index contributed by atoms with van der Waals surface area (Å²) in [6, 6.07) is 9.71. The number of amides is 3. The van der Waals surface area contributed by atoms with E-state index in [1.54, 1.807) is 4.90 Å². The minimum atomic E-state index is -0.144. The van der Waals surface area contributed by atoms with Gasteiger partial charge in [-0.05, 0) is 52.2 Å². The second-order valence-electron chi connectivity index (χ2n) is 7.83. The highest BCUT2D eigenvalue weighted by Gasteiger charge is 2.28. The molecule has 168 valence electrons. The van der Waals surface area contributed by atoms with Gasteiger partial charge in [-0.15, -0.1) is 0 Å². The number of ether oxygens (including phenoxy) is 1. The number of hydrogen-bond donors (Lipinski definition) is 2. The Balaban J connectivity index is 1.50. The van der Waals surface area contributed by atoms with Gasteiger partial charge in [0.05, 0.1) is 22.8 Å². The van der Waals surface area contributed by atoms with Crippen LogP contribution < -0.4 is 10.6 Å². The highest BCUT2D eigenvalue weighted by molar-refractivity contribution is 5.91. The van der Waals surface area contributed by atoms with Crippen molar-refractivity contribution in [2.24, 2.45) is 5.92 Å². The van der Waals surface area contributed by atoms with Gasteiger partial charge in [0.2, 0.25) is 5.91 Å². The van der Waals surface area contributed by atoms with E-state index in [1.807, 2.05) is 55.8 Å². The summed E-state index contributed by atoms with van der Waals surface area (Å²) in [5.74, 6) is 0.0350. The molecule has 31 heavy (non-hydrogen) atoms. The number of benzene rings is 1. The molecule has 1 fully saturated rings. The van der Waals surface area contributed by atoms with Crippen LogP contribution in [0.2, 0.25) is 0 Å². The zero-order valence-electron chi connectivity index (χ0n) is 18.7. The maximum atomic E-state index is 12.8. The quantitative estimate of drug-likeness (QED) is 0.633. The fourth-order valence-electron chi connectivity index (χ4n) is 3.85. The molecule has 0 saturated carbocycles. The molecule has 0 bridgehead atoms. The summed E-state index contributed by atoms with van der Waals surface area (Å²) in [6.07, 6.45) is 2.16. The van der Waals surface area contributed by atoms with E-state index in [0.717, 1.165) is 29.2 Å². The molecule has 3 amide bonds. The molecular formula is C23H33N5O3. The molecule has 8 heteroatoms. The lowest BCUT2D eigenvalue weighted by atomic mass is 9.96. The summed E-state index contributed by atoms with van der Waals surface area (Å²) in [5.41, 5.74) is 3.36. The first kappa shape index (κ1) is 22.8. The molecule has 1 aromatic carbocycles. The van der Waals surface area contributed by atoms with E-state index in [9.17, 15) is 9.59 Å². The predicted molar refractivity (Wildman–Crippen MR) is 120 cm³/mol. The Morgan fingerprint density at radius 1 is 1.16 bits per heavy atom. The number of aryl methyl sites for hydroxylation is 1. The average molecular weight is 428 g/mol. The smallest absolute Gasteiger partial charge is 0.321 e. The SMILES string of the molecule is CCOCCCNC(=O)C1CCN(C(=O)Nc2c(C)nn(-c3ccccc3)c2C)CC1. The summed E-state index contributed by atoms with van der Waals surface area (Å²) in [6.45, 7) is 8.91. The average Bonchev–Trinajstić information content (AvgIpc) is 3.07. The zero-order valence-corrected chi connectivity index (χ0v) is 18.7. The molecule has 0 aliphatic carbocycles. The third-order valence-corrected chi connectivity index (χ3v) is 5.65. The van der Waals surface area contributed by atoms with E-state index >= 15 is 0 Å². The number of piperidine rings is 1. The van der Waals surface area contributed by atoms with E-state index in [-0.39, 0.29) is 17.9 Å². The molecule has 1 aliphatic heterocycles. The van der Waals surface area contributed by atoms with E-state index in [0.29, 0.717) is 45.7 Å². The highest BCUT2D eigenvalue weighted by atomic mass is 16.5. The van der Waals surface area contributed by atoms with Gasteiger partial charge >= 0.3 is 6.03 Å². The van der Waals surface area contributed by atoms with Crippen LogP contribution in [0, 0.1) is 19.8 Å². The van der Waals surface area contributed by atoms with Gasteiger partial charge in [-0.2, -0.15) is 5.10 Å². The Hall–Kier alpha value is -2.87. The van der Waals surface area contributed by atoms with Crippen molar-refractivity contribution in [3.8, 4) is 5.69 Å². The summed E-state index contributed by atoms with van der Waals surface area (Å²) in [5, 5.41) is 10.6. The number of hydrogen-bond acceptors (Lipinski definition) is 4. The number of nitrogens with one attached hydrogen (secondary N) is 2. The van der Waals surface area contributed by atoms with Gasteiger partial charge in [-0.3, -0.25) is 4.79 Å². The maximum absolute atomic E-state index is 12.8. The first-order valence-electron chi connectivity index (χ1n) is 11.0. The fourth-order valence-corrected chi connectivity index (χ4v) is 3.85. The van der Waals surface area contributed by atoms with Crippen molar-refractivity contribution in [2.45, 2.75) is 40.0 Å². The lowest BCUT2D eigenvalue weighted by Gasteiger charge is -2.31. The lowest BCUT2D eigenvalue weighted by molar-refractivity contribution is -0.126. The van der Waals surface area contributed by atoms with Crippen molar-refractivity contribution in [1.82, 2.24) is 20.0 Å². The molecule has 2 aromatic rings. The van der Waals surface area contributed by atoms with Gasteiger partial charge in [-0.25, -0.2) is 9.48 Å². The zero-order chi connectivity index (χ0) is 22.2. The normalized spacial score (nSPS) is 14.5. The highest BCUT2D eigenvalue weighted by Crippen LogP contribution is 2.24. The van der Waals surface area contributed by atoms with Gasteiger partial charge in [0.15, 0.2) is 0 Å². The number of nitrogens with zero attached hydrogens (tertiary/aromatic N) is 3. The van der Waals surface area contributed by atoms with Crippen LogP contribution in [-0.4, -0.2) is 59.5 Å². The topological polar surface area (TPSA) is 88.5 Å². The minimum Gasteiger partial charge on any atom is -0.382 e. The van der Waals surface area contributed by atoms with Gasteiger partial charge in [0, 0.05) is 38.8 Å². The van der Waals surface area contributed by atoms with Crippen molar-refractivity contribution in [2.75, 3.05) is 38.2 Å². The molecule has 3 rings (SSSR count). The van der Waals surface area contributed by atoms with Crippen molar-refractivity contribution < 1.29 is 14.3 Å². The number of anilines is 1. The van der Waals surface area contributed by atoms with E-state index in [2.05, 4.69) is 15.7 Å². The molecule has 0 atom stereocenters. The molecule has 2 N–H and O–H groups in total. The van der Waals surface area contributed by atoms with Crippen LogP contribution in [0.5, 0.6) is 0 Å². The molecule has 1 saturated heterocycles. The lowest BCUT2D eigenvalue weighted by Crippen LogP contribution is -2.44. The van der Waals surface area contributed by atoms with Crippen LogP contribution in [-0.2, 0) is 9.53 Å². The first-order chi connectivity index (χ1) is 15.0. The summed E-state index contributed by atoms with van der Waals surface area (Å²) in [4.78, 5) is 26.9. The van der Waals surface area contributed by atoms with Gasteiger partial charge in [0.1, 0.15) is 0 Å². The minimum absolute atomic E-state index is 0.0413. The number of rotatable bonds is 8. The van der Waals surface area contributed by atoms with Crippen LogP contribution in [0.15, 0.2) is 30.3 Å². The van der Waals surface area contributed by atoms with E-state index in [1.165, 1.54) is 0 Å². The van der Waals surface area contributed by atoms with Gasteiger partial charge in [0.25, 0.3) is 0 Å². The third-order valence-electron chi connectivity index (χ3n) is 5.65. The second kappa shape index (κ2) is 10.9. The van der Waals surface area contributed by atoms with E-state index in [4.69, 9.17) is 4.74 Å². The summed E-state index contributed by atoms with van der Waals surface area (Å²) in [7, 11) is 0. The molecule has 1 aromatic heterocycles. The molecule has 1 aliphatic rings. The van der Waals surface area contributed by atoms with Gasteiger partial charge < -0.3 is 20.3 Å². The predicted octanol–water partition coefficient (Wildman–Crippen LogP) is 3.28. The first-order valence-corrected chi connectivity index (χ1v) is 11.0. The number of likely N-dealkylation sites (tertiary alicyclic amines) is 1. The van der Waals surface area contributed by atoms with Crippen molar-refractivity contribution in [1.29, 1.82) is 0 Å². The summed E-state index contributed by atoms with van der Waals surface area (Å²) < 4.78 is 7.13. The Morgan fingerprint density at radius 3 is 2.55 bits per heavy atom. The largest absolute Gasteiger partial charge is 0.382 e. The number of aromatic nitrogens is 2. The summed E-state index contributed by atoms with van der Waals surface area (Å²) >= 11 is 0. The van der Waals surface area contributed by atoms with Crippen molar-refractivity contribution in [3.05, 3.63) is 41.7 Å². The number of carbonyl (C=O) groups excluding carboxylic acids is 2. The molecule has 0 unspecified atom stereocenters. The Kier molecular flexibility index (Phi) is 8.06. The van der Waals surface area contributed by atoms with E-state index < -0.39 is 0 Å². The molecule has 0 spiro atoms. The van der Waals surface area contributed by atoms with Crippen LogP contribution in [0.3, 0.4) is 0 Å².